The summed E-state index contributed by atoms with van der Waals surface area (Å²) in [5.74, 6) is 0.769. The summed E-state index contributed by atoms with van der Waals surface area (Å²) in [7, 11) is 1.60. The molecule has 1 aromatic rings. The normalized spacial score (nSPS) is 20.8. The largest absolute Gasteiger partial charge is 0.486 e. The van der Waals surface area contributed by atoms with Gasteiger partial charge in [0.1, 0.15) is 13.2 Å². The predicted octanol–water partition coefficient (Wildman–Crippen LogP) is 1.28. The Morgan fingerprint density at radius 3 is 2.88 bits per heavy atom. The van der Waals surface area contributed by atoms with Crippen LogP contribution in [0.25, 0.3) is 0 Å². The molecule has 1 N–H and O–H groups in total. The third kappa shape index (κ3) is 3.46. The van der Waals surface area contributed by atoms with Crippen molar-refractivity contribution in [3.05, 3.63) is 18.2 Å². The van der Waals surface area contributed by atoms with Gasteiger partial charge in [-0.3, -0.25) is 9.59 Å². The smallest absolute Gasteiger partial charge is 0.229 e. The molecule has 0 unspecified atom stereocenters. The van der Waals surface area contributed by atoms with E-state index in [0.717, 1.165) is 0 Å². The predicted molar refractivity (Wildman–Crippen MR) is 87.2 cm³/mol. The van der Waals surface area contributed by atoms with Gasteiger partial charge in [-0.15, -0.1) is 0 Å². The van der Waals surface area contributed by atoms with Gasteiger partial charge in [-0.05, 0) is 19.1 Å². The minimum Gasteiger partial charge on any atom is -0.486 e. The highest BCUT2D eigenvalue weighted by Gasteiger charge is 2.36. The summed E-state index contributed by atoms with van der Waals surface area (Å²) >= 11 is 0. The van der Waals surface area contributed by atoms with Crippen molar-refractivity contribution in [2.75, 3.05) is 38.8 Å². The number of nitrogens with one attached hydrogen (secondary N) is 1. The lowest BCUT2D eigenvalue weighted by Crippen LogP contribution is -2.38. The average Bonchev–Trinajstić information content (AvgIpc) is 2.97. The summed E-state index contributed by atoms with van der Waals surface area (Å²) in [4.78, 5) is 26.3. The lowest BCUT2D eigenvalue weighted by Gasteiger charge is -2.24. The Bertz CT molecular complexity index is 633. The molecule has 3 rings (SSSR count). The maximum Gasteiger partial charge on any atom is 0.229 e. The maximum atomic E-state index is 12.5. The first-order valence-electron chi connectivity index (χ1n) is 8.07. The standard InChI is InChI=1S/C17H22N2O5/c1-11(10-22-2)19-9-12(7-16(19)20)17(21)18-13-3-4-14-15(8-13)24-6-5-23-14/h3-4,8,11-12H,5-7,9-10H2,1-2H3,(H,18,21)/t11-,12+/m1/s1. The minimum absolute atomic E-state index is 0.0122. The zero-order valence-electron chi connectivity index (χ0n) is 13.9. The van der Waals surface area contributed by atoms with Crippen LogP contribution >= 0.6 is 0 Å². The number of benzene rings is 1. The second-order valence-electron chi connectivity index (χ2n) is 6.10. The molecule has 2 atom stereocenters. The zero-order valence-corrected chi connectivity index (χ0v) is 13.9. The van der Waals surface area contributed by atoms with Crippen molar-refractivity contribution in [2.45, 2.75) is 19.4 Å². The van der Waals surface area contributed by atoms with Crippen LogP contribution in [0.2, 0.25) is 0 Å². The van der Waals surface area contributed by atoms with Crippen molar-refractivity contribution in [2.24, 2.45) is 5.92 Å². The first kappa shape index (κ1) is 16.6. The molecule has 0 aliphatic carbocycles. The number of methoxy groups -OCH3 is 1. The fourth-order valence-corrected chi connectivity index (χ4v) is 3.03. The molecular formula is C17H22N2O5. The summed E-state index contributed by atoms with van der Waals surface area (Å²) in [6.07, 6.45) is 0.227. The molecule has 0 radical (unpaired) electrons. The van der Waals surface area contributed by atoms with E-state index >= 15 is 0 Å². The molecule has 2 aliphatic heterocycles. The summed E-state index contributed by atoms with van der Waals surface area (Å²) in [5, 5.41) is 2.86. The van der Waals surface area contributed by atoms with E-state index < -0.39 is 0 Å². The van der Waals surface area contributed by atoms with Crippen LogP contribution in [0.15, 0.2) is 18.2 Å². The number of likely N-dealkylation sites (tertiary alicyclic amines) is 1. The van der Waals surface area contributed by atoms with Crippen molar-refractivity contribution in [1.82, 2.24) is 4.90 Å². The quantitative estimate of drug-likeness (QED) is 0.878. The van der Waals surface area contributed by atoms with E-state index in [1.54, 1.807) is 30.2 Å². The molecule has 24 heavy (non-hydrogen) atoms. The van der Waals surface area contributed by atoms with Crippen LogP contribution in [-0.2, 0) is 14.3 Å². The van der Waals surface area contributed by atoms with Crippen LogP contribution in [-0.4, -0.2) is 56.2 Å². The molecule has 0 aromatic heterocycles. The van der Waals surface area contributed by atoms with Gasteiger partial charge in [-0.2, -0.15) is 0 Å². The van der Waals surface area contributed by atoms with Crippen LogP contribution in [0, 0.1) is 5.92 Å². The van der Waals surface area contributed by atoms with Crippen molar-refractivity contribution >= 4 is 17.5 Å². The summed E-state index contributed by atoms with van der Waals surface area (Å²) in [6.45, 7) is 3.82. The molecule has 0 bridgehead atoms. The number of ether oxygens (including phenoxy) is 3. The topological polar surface area (TPSA) is 77.1 Å². The molecule has 0 spiro atoms. The molecular weight excluding hydrogens is 312 g/mol. The minimum atomic E-state index is -0.356. The van der Waals surface area contributed by atoms with Crippen molar-refractivity contribution < 1.29 is 23.8 Å². The van der Waals surface area contributed by atoms with Gasteiger partial charge in [0.2, 0.25) is 11.8 Å². The number of carbonyl (C=O) groups excluding carboxylic acids is 2. The molecule has 2 heterocycles. The van der Waals surface area contributed by atoms with Crippen LogP contribution < -0.4 is 14.8 Å². The molecule has 0 saturated carbocycles. The molecule has 1 aromatic carbocycles. The summed E-state index contributed by atoms with van der Waals surface area (Å²) in [6, 6.07) is 5.26. The number of anilines is 1. The Labute approximate surface area is 140 Å². The Morgan fingerprint density at radius 1 is 1.38 bits per heavy atom. The molecule has 1 fully saturated rings. The van der Waals surface area contributed by atoms with Crippen LogP contribution in [0.1, 0.15) is 13.3 Å². The van der Waals surface area contributed by atoms with Gasteiger partial charge in [0.15, 0.2) is 11.5 Å². The number of carbonyl (C=O) groups is 2. The first-order valence-corrected chi connectivity index (χ1v) is 8.07. The van der Waals surface area contributed by atoms with E-state index in [9.17, 15) is 9.59 Å². The average molecular weight is 334 g/mol. The molecule has 1 saturated heterocycles. The van der Waals surface area contributed by atoms with E-state index in [2.05, 4.69) is 5.32 Å². The Kier molecular flexibility index (Phi) is 4.89. The molecule has 7 nitrogen and oxygen atoms in total. The highest BCUT2D eigenvalue weighted by Crippen LogP contribution is 2.33. The lowest BCUT2D eigenvalue weighted by molar-refractivity contribution is -0.130. The van der Waals surface area contributed by atoms with Gasteiger partial charge < -0.3 is 24.4 Å². The van der Waals surface area contributed by atoms with E-state index in [4.69, 9.17) is 14.2 Å². The second kappa shape index (κ2) is 7.09. The monoisotopic (exact) mass is 334 g/mol. The van der Waals surface area contributed by atoms with Gasteiger partial charge in [-0.25, -0.2) is 0 Å². The van der Waals surface area contributed by atoms with Crippen molar-refractivity contribution in [3.63, 3.8) is 0 Å². The molecule has 2 amide bonds. The summed E-state index contributed by atoms with van der Waals surface area (Å²) in [5.41, 5.74) is 0.639. The highest BCUT2D eigenvalue weighted by atomic mass is 16.6. The van der Waals surface area contributed by atoms with Gasteiger partial charge >= 0.3 is 0 Å². The van der Waals surface area contributed by atoms with Gasteiger partial charge in [0.25, 0.3) is 0 Å². The zero-order chi connectivity index (χ0) is 17.1. The van der Waals surface area contributed by atoms with Gasteiger partial charge in [-0.1, -0.05) is 0 Å². The third-order valence-corrected chi connectivity index (χ3v) is 4.28. The maximum absolute atomic E-state index is 12.5. The van der Waals surface area contributed by atoms with E-state index in [1.165, 1.54) is 0 Å². The van der Waals surface area contributed by atoms with Crippen LogP contribution in [0.3, 0.4) is 0 Å². The second-order valence-corrected chi connectivity index (χ2v) is 6.10. The third-order valence-electron chi connectivity index (χ3n) is 4.28. The fourth-order valence-electron chi connectivity index (χ4n) is 3.03. The van der Waals surface area contributed by atoms with Gasteiger partial charge in [0.05, 0.1) is 18.6 Å². The highest BCUT2D eigenvalue weighted by molar-refractivity contribution is 5.97. The number of hydrogen-bond donors (Lipinski definition) is 1. The van der Waals surface area contributed by atoms with Gasteiger partial charge in [0, 0.05) is 31.8 Å². The number of amides is 2. The number of fused-ring (bicyclic) bond motifs is 1. The van der Waals surface area contributed by atoms with E-state index in [0.29, 0.717) is 43.6 Å². The van der Waals surface area contributed by atoms with E-state index in [-0.39, 0.29) is 30.2 Å². The fraction of sp³-hybridized carbons (Fsp3) is 0.529. The Hall–Kier alpha value is -2.28. The SMILES string of the molecule is COC[C@@H](C)N1C[C@@H](C(=O)Nc2ccc3c(c2)OCCO3)CC1=O. The Balaban J connectivity index is 1.62. The number of hydrogen-bond acceptors (Lipinski definition) is 5. The number of nitrogens with zero attached hydrogens (tertiary/aromatic N) is 1. The van der Waals surface area contributed by atoms with E-state index in [1.807, 2.05) is 6.92 Å². The summed E-state index contributed by atoms with van der Waals surface area (Å²) < 4.78 is 16.1. The first-order chi connectivity index (χ1) is 11.6. The number of rotatable bonds is 5. The molecule has 2 aliphatic rings. The van der Waals surface area contributed by atoms with Crippen LogP contribution in [0.5, 0.6) is 11.5 Å². The molecule has 130 valence electrons. The van der Waals surface area contributed by atoms with Crippen molar-refractivity contribution in [1.29, 1.82) is 0 Å². The Morgan fingerprint density at radius 2 is 2.12 bits per heavy atom. The lowest BCUT2D eigenvalue weighted by atomic mass is 10.1. The molecule has 7 heteroatoms. The van der Waals surface area contributed by atoms with Crippen molar-refractivity contribution in [3.8, 4) is 11.5 Å². The van der Waals surface area contributed by atoms with Crippen LogP contribution in [0.4, 0.5) is 5.69 Å².